The molecule has 35 heavy (non-hydrogen) atoms. The molecule has 2 rings (SSSR count). The average molecular weight is 510 g/mol. The first kappa shape index (κ1) is 30.1. The van der Waals surface area contributed by atoms with Gasteiger partial charge in [0.2, 0.25) is 0 Å². The molecule has 204 valence electrons. The molecule has 12 atom stereocenters. The highest BCUT2D eigenvalue weighted by Gasteiger charge is 2.44. The normalized spacial score (nSPS) is 37.2. The number of hydrogen-bond acceptors (Lipinski definition) is 12. The molecule has 0 bridgehead atoms. The molecule has 0 radical (unpaired) electrons. The largest absolute Gasteiger partial charge is 0.394 e. The van der Waals surface area contributed by atoms with Crippen LogP contribution in [0.2, 0.25) is 0 Å². The summed E-state index contributed by atoms with van der Waals surface area (Å²) in [4.78, 5) is 2.65. The van der Waals surface area contributed by atoms with Gasteiger partial charge < -0.3 is 54.7 Å². The lowest BCUT2D eigenvalue weighted by molar-refractivity contribution is -0.280. The first-order valence-corrected chi connectivity index (χ1v) is 11.8. The smallest absolute Gasteiger partial charge is 0.160 e. The SMILES string of the molecule is C[C@H]1C([C@H](O)[C@H](O)CO)O[C@H](OC[C@@H](O)[C@@H](O)C2O[C@H](OCCCN=[N+]=[N-])C[C@@H](O)[C@H]2C)C[C@H]1O. The Hall–Kier alpha value is -1.13. The zero-order chi connectivity index (χ0) is 26.1. The minimum Gasteiger partial charge on any atom is -0.394 e. The molecule has 0 amide bonds. The maximum absolute atomic E-state index is 10.7. The van der Waals surface area contributed by atoms with Crippen LogP contribution in [0.25, 0.3) is 10.4 Å². The highest BCUT2D eigenvalue weighted by molar-refractivity contribution is 4.90. The maximum atomic E-state index is 10.7. The van der Waals surface area contributed by atoms with Crippen LogP contribution in [-0.4, -0.2) is 124 Å². The second-order valence-electron chi connectivity index (χ2n) is 9.20. The van der Waals surface area contributed by atoms with Gasteiger partial charge in [-0.15, -0.1) is 0 Å². The second-order valence-corrected chi connectivity index (χ2v) is 9.20. The van der Waals surface area contributed by atoms with Gasteiger partial charge in [0.05, 0.1) is 37.6 Å². The van der Waals surface area contributed by atoms with Crippen LogP contribution in [0.1, 0.15) is 33.1 Å². The van der Waals surface area contributed by atoms with Crippen molar-refractivity contribution < 1.29 is 54.7 Å². The van der Waals surface area contributed by atoms with Gasteiger partial charge in [0.25, 0.3) is 0 Å². The van der Waals surface area contributed by atoms with Gasteiger partial charge in [-0.2, -0.15) is 0 Å². The van der Waals surface area contributed by atoms with Gasteiger partial charge in [0.1, 0.15) is 24.4 Å². The van der Waals surface area contributed by atoms with Crippen molar-refractivity contribution in [3.63, 3.8) is 0 Å². The lowest BCUT2D eigenvalue weighted by Gasteiger charge is -2.42. The van der Waals surface area contributed by atoms with Crippen LogP contribution in [-0.2, 0) is 18.9 Å². The summed E-state index contributed by atoms with van der Waals surface area (Å²) >= 11 is 0. The minimum absolute atomic E-state index is 0.0310. The van der Waals surface area contributed by atoms with E-state index in [2.05, 4.69) is 10.0 Å². The first-order chi connectivity index (χ1) is 16.6. The Balaban J connectivity index is 1.90. The van der Waals surface area contributed by atoms with Gasteiger partial charge in [-0.3, -0.25) is 0 Å². The monoisotopic (exact) mass is 509 g/mol. The van der Waals surface area contributed by atoms with Crippen molar-refractivity contribution >= 4 is 0 Å². The Morgan fingerprint density at radius 3 is 1.94 bits per heavy atom. The number of nitrogens with zero attached hydrogens (tertiary/aromatic N) is 3. The fraction of sp³-hybridized carbons (Fsp3) is 1.00. The molecule has 2 unspecified atom stereocenters. The number of hydrogen-bond donors (Lipinski definition) is 7. The van der Waals surface area contributed by atoms with E-state index in [1.807, 2.05) is 0 Å². The molecule has 2 fully saturated rings. The molecule has 2 aliphatic heterocycles. The van der Waals surface area contributed by atoms with Crippen LogP contribution in [0.15, 0.2) is 5.11 Å². The maximum Gasteiger partial charge on any atom is 0.160 e. The minimum atomic E-state index is -1.47. The van der Waals surface area contributed by atoms with Crippen molar-refractivity contribution in [1.29, 1.82) is 0 Å². The van der Waals surface area contributed by atoms with Crippen molar-refractivity contribution in [2.24, 2.45) is 17.0 Å². The predicted octanol–water partition coefficient (Wildman–Crippen LogP) is -1.62. The van der Waals surface area contributed by atoms with Crippen LogP contribution in [0, 0.1) is 11.8 Å². The quantitative estimate of drug-likeness (QED) is 0.0646. The van der Waals surface area contributed by atoms with Gasteiger partial charge in [-0.05, 0) is 12.0 Å². The molecule has 0 saturated carbocycles. The fourth-order valence-corrected chi connectivity index (χ4v) is 4.21. The Labute approximate surface area is 203 Å². The van der Waals surface area contributed by atoms with Gasteiger partial charge in [-0.1, -0.05) is 19.0 Å². The highest BCUT2D eigenvalue weighted by Crippen LogP contribution is 2.31. The zero-order valence-electron chi connectivity index (χ0n) is 20.0. The zero-order valence-corrected chi connectivity index (χ0v) is 20.0. The number of aliphatic hydroxyl groups excluding tert-OH is 7. The average Bonchev–Trinajstić information content (AvgIpc) is 2.84. The van der Waals surface area contributed by atoms with Crippen LogP contribution >= 0.6 is 0 Å². The molecule has 0 spiro atoms. The number of azide groups is 1. The Morgan fingerprint density at radius 2 is 1.43 bits per heavy atom. The molecule has 14 heteroatoms. The molecule has 0 aliphatic carbocycles. The number of ether oxygens (including phenoxy) is 4. The van der Waals surface area contributed by atoms with E-state index in [1.54, 1.807) is 13.8 Å². The lowest BCUT2D eigenvalue weighted by atomic mass is 9.87. The van der Waals surface area contributed by atoms with Gasteiger partial charge >= 0.3 is 0 Å². The van der Waals surface area contributed by atoms with E-state index < -0.39 is 86.5 Å². The predicted molar refractivity (Wildman–Crippen MR) is 119 cm³/mol. The van der Waals surface area contributed by atoms with Gasteiger partial charge in [-0.25, -0.2) is 0 Å². The third kappa shape index (κ3) is 8.45. The molecule has 0 aromatic rings. The Bertz CT molecular complexity index is 670. The third-order valence-corrected chi connectivity index (χ3v) is 6.61. The van der Waals surface area contributed by atoms with Crippen molar-refractivity contribution in [2.45, 2.75) is 94.5 Å². The third-order valence-electron chi connectivity index (χ3n) is 6.61. The standard InChI is InChI=1S/C21H39N3O11/c1-10-13(27)7-17(35-20(10)18(30)14(28)8-25)33-9-15(29)19(31)21-11(2)12(26)6-16(34-21)32-5-3-4-23-24-22/h10-21,25-31H,3-9H2,1-2H3/t10-,11-,12-,13-,14-,15-,16+,17+,18-,19-,20?,21?/m1/s1. The van der Waals surface area contributed by atoms with E-state index in [1.165, 1.54) is 0 Å². The molecule has 2 aliphatic rings. The lowest BCUT2D eigenvalue weighted by Crippen LogP contribution is -2.55. The topological polar surface area (TPSA) is 227 Å². The molecular weight excluding hydrogens is 470 g/mol. The molecule has 0 aromatic heterocycles. The van der Waals surface area contributed by atoms with E-state index in [0.29, 0.717) is 6.42 Å². The van der Waals surface area contributed by atoms with E-state index >= 15 is 0 Å². The van der Waals surface area contributed by atoms with E-state index in [-0.39, 0.29) is 26.0 Å². The summed E-state index contributed by atoms with van der Waals surface area (Å²) in [7, 11) is 0. The summed E-state index contributed by atoms with van der Waals surface area (Å²) in [5.41, 5.74) is 8.29. The molecule has 7 N–H and O–H groups in total. The summed E-state index contributed by atoms with van der Waals surface area (Å²) in [5, 5.41) is 74.3. The van der Waals surface area contributed by atoms with E-state index in [0.717, 1.165) is 0 Å². The molecule has 2 heterocycles. The second kappa shape index (κ2) is 14.6. The van der Waals surface area contributed by atoms with Crippen molar-refractivity contribution in [2.75, 3.05) is 26.4 Å². The summed E-state index contributed by atoms with van der Waals surface area (Å²) in [6.07, 6.45) is -10.8. The van der Waals surface area contributed by atoms with Crippen LogP contribution in [0.5, 0.6) is 0 Å². The van der Waals surface area contributed by atoms with Crippen molar-refractivity contribution in [1.82, 2.24) is 0 Å². The molecule has 14 nitrogen and oxygen atoms in total. The van der Waals surface area contributed by atoms with Gasteiger partial charge in [0, 0.05) is 42.7 Å². The summed E-state index contributed by atoms with van der Waals surface area (Å²) in [5.74, 6) is -1.07. The highest BCUT2D eigenvalue weighted by atomic mass is 16.7. The summed E-state index contributed by atoms with van der Waals surface area (Å²) in [6.45, 7) is 2.67. The summed E-state index contributed by atoms with van der Waals surface area (Å²) in [6, 6.07) is 0. The van der Waals surface area contributed by atoms with E-state index in [4.69, 9.17) is 29.6 Å². The van der Waals surface area contributed by atoms with Gasteiger partial charge in [0.15, 0.2) is 12.6 Å². The molecular formula is C21H39N3O11. The molecule has 0 aromatic carbocycles. The van der Waals surface area contributed by atoms with Crippen molar-refractivity contribution in [3.05, 3.63) is 10.4 Å². The Kier molecular flexibility index (Phi) is 12.5. The Morgan fingerprint density at radius 1 is 0.914 bits per heavy atom. The summed E-state index contributed by atoms with van der Waals surface area (Å²) < 4.78 is 22.5. The first-order valence-electron chi connectivity index (χ1n) is 11.8. The number of aliphatic hydroxyl groups is 7. The molecule has 2 saturated heterocycles. The fourth-order valence-electron chi connectivity index (χ4n) is 4.21. The number of rotatable bonds is 13. The van der Waals surface area contributed by atoms with Crippen LogP contribution in [0.3, 0.4) is 0 Å². The van der Waals surface area contributed by atoms with E-state index in [9.17, 15) is 30.6 Å². The van der Waals surface area contributed by atoms with Crippen LogP contribution < -0.4 is 0 Å². The van der Waals surface area contributed by atoms with Crippen molar-refractivity contribution in [3.8, 4) is 0 Å². The van der Waals surface area contributed by atoms with Crippen LogP contribution in [0.4, 0.5) is 0 Å².